The van der Waals surface area contributed by atoms with Crippen LogP contribution in [0.15, 0.2) is 24.3 Å². The van der Waals surface area contributed by atoms with Crippen LogP contribution in [-0.4, -0.2) is 25.3 Å². The van der Waals surface area contributed by atoms with E-state index in [0.29, 0.717) is 18.1 Å². The molecule has 20 heavy (non-hydrogen) atoms. The predicted molar refractivity (Wildman–Crippen MR) is 85.1 cm³/mol. The normalized spacial score (nSPS) is 23.9. The third kappa shape index (κ3) is 4.92. The smallest absolute Gasteiger partial charge is 0.0583 e. The Morgan fingerprint density at radius 3 is 2.60 bits per heavy atom. The van der Waals surface area contributed by atoms with Gasteiger partial charge in [0, 0.05) is 0 Å². The number of benzene rings is 1. The molecule has 3 atom stereocenters. The summed E-state index contributed by atoms with van der Waals surface area (Å²) in [6.45, 7) is 8.66. The fraction of sp³-hybridized carbons (Fsp3) is 0.667. The van der Waals surface area contributed by atoms with E-state index in [1.807, 2.05) is 0 Å². The molecule has 0 saturated carbocycles. The van der Waals surface area contributed by atoms with Crippen LogP contribution in [-0.2, 0) is 11.2 Å². The highest BCUT2D eigenvalue weighted by atomic mass is 16.5. The Morgan fingerprint density at radius 1 is 1.25 bits per heavy atom. The van der Waals surface area contributed by atoms with Crippen molar-refractivity contribution in [2.75, 3.05) is 13.1 Å². The summed E-state index contributed by atoms with van der Waals surface area (Å²) < 4.78 is 6.00. The van der Waals surface area contributed by atoms with Gasteiger partial charge in [0.05, 0.1) is 12.2 Å². The Balaban J connectivity index is 1.90. The van der Waals surface area contributed by atoms with Crippen LogP contribution in [0.1, 0.15) is 44.2 Å². The van der Waals surface area contributed by atoms with Crippen molar-refractivity contribution < 1.29 is 4.74 Å². The van der Waals surface area contributed by atoms with Gasteiger partial charge in [-0.15, -0.1) is 0 Å². The van der Waals surface area contributed by atoms with Crippen LogP contribution < -0.4 is 5.32 Å². The van der Waals surface area contributed by atoms with E-state index in [4.69, 9.17) is 4.74 Å². The van der Waals surface area contributed by atoms with Gasteiger partial charge in [0.2, 0.25) is 0 Å². The average molecular weight is 275 g/mol. The second-order valence-electron chi connectivity index (χ2n) is 6.25. The third-order valence-electron chi connectivity index (χ3n) is 4.24. The van der Waals surface area contributed by atoms with Crippen LogP contribution in [0.4, 0.5) is 0 Å². The summed E-state index contributed by atoms with van der Waals surface area (Å²) in [5, 5.41) is 3.51. The average Bonchev–Trinajstić information content (AvgIpc) is 2.84. The first-order chi connectivity index (χ1) is 9.67. The maximum absolute atomic E-state index is 6.00. The summed E-state index contributed by atoms with van der Waals surface area (Å²) in [7, 11) is 0. The second kappa shape index (κ2) is 7.80. The highest BCUT2D eigenvalue weighted by Gasteiger charge is 2.24. The van der Waals surface area contributed by atoms with Crippen molar-refractivity contribution in [3.8, 4) is 0 Å². The van der Waals surface area contributed by atoms with Crippen molar-refractivity contribution in [1.29, 1.82) is 0 Å². The lowest BCUT2D eigenvalue weighted by atomic mass is 9.92. The van der Waals surface area contributed by atoms with E-state index < -0.39 is 0 Å². The number of ether oxygens (including phenoxy) is 1. The minimum absolute atomic E-state index is 0.458. The molecule has 1 aromatic carbocycles. The summed E-state index contributed by atoms with van der Waals surface area (Å²) in [4.78, 5) is 0. The zero-order valence-electron chi connectivity index (χ0n) is 13.2. The van der Waals surface area contributed by atoms with Crippen LogP contribution in [0.5, 0.6) is 0 Å². The van der Waals surface area contributed by atoms with Gasteiger partial charge < -0.3 is 10.1 Å². The SMILES string of the molecule is CCNCC(Cc1ccc(C)cc1)CC1CCC(C)O1. The number of hydrogen-bond acceptors (Lipinski definition) is 2. The molecule has 1 aliphatic rings. The lowest BCUT2D eigenvalue weighted by Gasteiger charge is -2.21. The number of rotatable bonds is 7. The van der Waals surface area contributed by atoms with Crippen molar-refractivity contribution in [2.24, 2.45) is 5.92 Å². The van der Waals surface area contributed by atoms with E-state index in [1.165, 1.54) is 30.4 Å². The molecule has 0 amide bonds. The first-order valence-electron chi connectivity index (χ1n) is 8.09. The molecule has 2 heteroatoms. The van der Waals surface area contributed by atoms with E-state index >= 15 is 0 Å². The van der Waals surface area contributed by atoms with Gasteiger partial charge in [0.1, 0.15) is 0 Å². The van der Waals surface area contributed by atoms with Gasteiger partial charge in [-0.25, -0.2) is 0 Å². The molecule has 0 aliphatic carbocycles. The highest BCUT2D eigenvalue weighted by molar-refractivity contribution is 5.21. The van der Waals surface area contributed by atoms with Gasteiger partial charge >= 0.3 is 0 Å². The van der Waals surface area contributed by atoms with Crippen molar-refractivity contribution >= 4 is 0 Å². The van der Waals surface area contributed by atoms with Crippen molar-refractivity contribution in [3.05, 3.63) is 35.4 Å². The molecule has 0 bridgehead atoms. The highest BCUT2D eigenvalue weighted by Crippen LogP contribution is 2.26. The molecule has 1 N–H and O–H groups in total. The van der Waals surface area contributed by atoms with Gasteiger partial charge in [-0.1, -0.05) is 36.8 Å². The van der Waals surface area contributed by atoms with Crippen molar-refractivity contribution in [1.82, 2.24) is 5.32 Å². The molecule has 1 fully saturated rings. The lowest BCUT2D eigenvalue weighted by Crippen LogP contribution is -2.27. The van der Waals surface area contributed by atoms with Gasteiger partial charge in [-0.05, 0) is 64.1 Å². The zero-order valence-corrected chi connectivity index (χ0v) is 13.2. The fourth-order valence-corrected chi connectivity index (χ4v) is 3.08. The Kier molecular flexibility index (Phi) is 6.06. The molecule has 1 aliphatic heterocycles. The van der Waals surface area contributed by atoms with E-state index in [-0.39, 0.29) is 0 Å². The molecule has 0 aromatic heterocycles. The summed E-state index contributed by atoms with van der Waals surface area (Å²) >= 11 is 0. The van der Waals surface area contributed by atoms with Gasteiger partial charge in [-0.3, -0.25) is 0 Å². The quantitative estimate of drug-likeness (QED) is 0.819. The standard InChI is InChI=1S/C18H29NO/c1-4-19-13-17(12-18-10-7-15(3)20-18)11-16-8-5-14(2)6-9-16/h5-6,8-9,15,17-19H,4,7,10-13H2,1-3H3. The first kappa shape index (κ1) is 15.5. The summed E-state index contributed by atoms with van der Waals surface area (Å²) in [6, 6.07) is 8.97. The van der Waals surface area contributed by atoms with Crippen molar-refractivity contribution in [3.63, 3.8) is 0 Å². The Labute approximate surface area is 123 Å². The number of nitrogens with one attached hydrogen (secondary N) is 1. The van der Waals surface area contributed by atoms with E-state index in [9.17, 15) is 0 Å². The van der Waals surface area contributed by atoms with Crippen LogP contribution >= 0.6 is 0 Å². The first-order valence-corrected chi connectivity index (χ1v) is 8.09. The molecule has 1 saturated heterocycles. The second-order valence-corrected chi connectivity index (χ2v) is 6.25. The molecular weight excluding hydrogens is 246 g/mol. The van der Waals surface area contributed by atoms with E-state index in [0.717, 1.165) is 19.5 Å². The van der Waals surface area contributed by atoms with E-state index in [2.05, 4.69) is 50.4 Å². The molecule has 1 heterocycles. The Hall–Kier alpha value is -0.860. The number of hydrogen-bond donors (Lipinski definition) is 1. The van der Waals surface area contributed by atoms with Crippen LogP contribution in [0.3, 0.4) is 0 Å². The minimum Gasteiger partial charge on any atom is -0.375 e. The Bertz CT molecular complexity index is 387. The van der Waals surface area contributed by atoms with Gasteiger partial charge in [0.25, 0.3) is 0 Å². The molecule has 0 spiro atoms. The molecule has 2 rings (SSSR count). The van der Waals surface area contributed by atoms with E-state index in [1.54, 1.807) is 0 Å². The zero-order chi connectivity index (χ0) is 14.4. The van der Waals surface area contributed by atoms with Crippen LogP contribution in [0.2, 0.25) is 0 Å². The lowest BCUT2D eigenvalue weighted by molar-refractivity contribution is 0.0408. The fourth-order valence-electron chi connectivity index (χ4n) is 3.08. The molecular formula is C18H29NO. The number of aryl methyl sites for hydroxylation is 1. The maximum Gasteiger partial charge on any atom is 0.0583 e. The minimum atomic E-state index is 0.458. The van der Waals surface area contributed by atoms with Crippen molar-refractivity contribution in [2.45, 2.75) is 58.7 Å². The van der Waals surface area contributed by atoms with Gasteiger partial charge in [0.15, 0.2) is 0 Å². The largest absolute Gasteiger partial charge is 0.375 e. The van der Waals surface area contributed by atoms with Crippen LogP contribution in [0, 0.1) is 12.8 Å². The topological polar surface area (TPSA) is 21.3 Å². The molecule has 0 radical (unpaired) electrons. The van der Waals surface area contributed by atoms with Crippen LogP contribution in [0.25, 0.3) is 0 Å². The maximum atomic E-state index is 6.00. The molecule has 1 aromatic rings. The predicted octanol–water partition coefficient (Wildman–Crippen LogP) is 3.72. The Morgan fingerprint density at radius 2 is 2.00 bits per heavy atom. The monoisotopic (exact) mass is 275 g/mol. The molecule has 112 valence electrons. The molecule has 2 nitrogen and oxygen atoms in total. The summed E-state index contributed by atoms with van der Waals surface area (Å²) in [6.07, 6.45) is 5.73. The summed E-state index contributed by atoms with van der Waals surface area (Å²) in [5.74, 6) is 0.674. The third-order valence-corrected chi connectivity index (χ3v) is 4.24. The van der Waals surface area contributed by atoms with Gasteiger partial charge in [-0.2, -0.15) is 0 Å². The molecule has 3 unspecified atom stereocenters. The summed E-state index contributed by atoms with van der Waals surface area (Å²) in [5.41, 5.74) is 2.79.